The Morgan fingerprint density at radius 1 is 1.03 bits per heavy atom. The summed E-state index contributed by atoms with van der Waals surface area (Å²) in [4.78, 5) is 43.4. The van der Waals surface area contributed by atoms with Crippen molar-refractivity contribution < 1.29 is 4.79 Å². The zero-order valence-corrected chi connectivity index (χ0v) is 18.5. The summed E-state index contributed by atoms with van der Waals surface area (Å²) in [5.41, 5.74) is 0.882. The summed E-state index contributed by atoms with van der Waals surface area (Å²) in [6, 6.07) is 19.2. The summed E-state index contributed by atoms with van der Waals surface area (Å²) in [5, 5.41) is 7.12. The molecule has 0 bridgehead atoms. The molecule has 0 aliphatic rings. The lowest BCUT2D eigenvalue weighted by molar-refractivity contribution is 0.0940. The van der Waals surface area contributed by atoms with E-state index in [0.717, 1.165) is 20.4 Å². The van der Waals surface area contributed by atoms with Crippen molar-refractivity contribution in [3.8, 4) is 5.69 Å². The summed E-state index contributed by atoms with van der Waals surface area (Å²) in [5.74, 6) is -0.709. The smallest absolute Gasteiger partial charge is 0.345 e. The van der Waals surface area contributed by atoms with Crippen LogP contribution in [0.5, 0.6) is 0 Å². The molecule has 4 aromatic rings. The molecule has 0 fully saturated rings. The van der Waals surface area contributed by atoms with Gasteiger partial charge in [0.05, 0.1) is 24.5 Å². The number of rotatable bonds is 6. The lowest BCUT2D eigenvalue weighted by Gasteiger charge is -2.12. The van der Waals surface area contributed by atoms with Gasteiger partial charge in [-0.05, 0) is 42.8 Å². The summed E-state index contributed by atoms with van der Waals surface area (Å²) in [6.07, 6.45) is 1.60. The SMILES string of the molecule is Cc1ccc(Cn2c(=O)c(C(=O)NCc3ccccn3)nn(-c3cccc(Cl)c3)c2=O)cc1. The predicted octanol–water partition coefficient (Wildman–Crippen LogP) is 2.73. The molecule has 2 aromatic heterocycles. The highest BCUT2D eigenvalue weighted by molar-refractivity contribution is 6.30. The normalized spacial score (nSPS) is 10.7. The molecule has 166 valence electrons. The Bertz CT molecular complexity index is 1410. The topological polar surface area (TPSA) is 98.9 Å². The predicted molar refractivity (Wildman–Crippen MR) is 125 cm³/mol. The number of hydrogen-bond acceptors (Lipinski definition) is 5. The number of nitrogens with one attached hydrogen (secondary N) is 1. The molecule has 1 amide bonds. The maximum atomic E-state index is 13.2. The second-order valence-electron chi connectivity index (χ2n) is 7.40. The summed E-state index contributed by atoms with van der Waals surface area (Å²) in [7, 11) is 0. The van der Waals surface area contributed by atoms with Crippen molar-refractivity contribution in [1.29, 1.82) is 0 Å². The summed E-state index contributed by atoms with van der Waals surface area (Å²) in [6.45, 7) is 2.04. The van der Waals surface area contributed by atoms with Crippen LogP contribution in [0.1, 0.15) is 27.3 Å². The first-order valence-electron chi connectivity index (χ1n) is 10.2. The number of aryl methyl sites for hydroxylation is 1. The Hall–Kier alpha value is -4.04. The highest BCUT2D eigenvalue weighted by Crippen LogP contribution is 2.12. The average molecular weight is 462 g/mol. The molecule has 0 radical (unpaired) electrons. The van der Waals surface area contributed by atoms with Crippen molar-refractivity contribution >= 4 is 17.5 Å². The largest absolute Gasteiger partial charge is 0.352 e. The van der Waals surface area contributed by atoms with Gasteiger partial charge in [0.1, 0.15) is 0 Å². The molecule has 0 spiro atoms. The van der Waals surface area contributed by atoms with Crippen LogP contribution in [0.4, 0.5) is 0 Å². The number of benzene rings is 2. The van der Waals surface area contributed by atoms with E-state index in [-0.39, 0.29) is 13.1 Å². The van der Waals surface area contributed by atoms with Gasteiger partial charge in [-0.25, -0.2) is 4.79 Å². The van der Waals surface area contributed by atoms with Gasteiger partial charge in [-0.2, -0.15) is 9.78 Å². The zero-order valence-electron chi connectivity index (χ0n) is 17.7. The van der Waals surface area contributed by atoms with Gasteiger partial charge in [0.15, 0.2) is 0 Å². The number of amides is 1. The second kappa shape index (κ2) is 9.62. The van der Waals surface area contributed by atoms with Gasteiger partial charge in [0.2, 0.25) is 5.69 Å². The Kier molecular flexibility index (Phi) is 6.46. The molecule has 0 saturated heterocycles. The second-order valence-corrected chi connectivity index (χ2v) is 7.84. The fraction of sp³-hybridized carbons (Fsp3) is 0.125. The Morgan fingerprint density at radius 2 is 1.82 bits per heavy atom. The van der Waals surface area contributed by atoms with Gasteiger partial charge in [-0.1, -0.05) is 53.6 Å². The van der Waals surface area contributed by atoms with E-state index < -0.39 is 22.9 Å². The Morgan fingerprint density at radius 3 is 2.52 bits per heavy atom. The highest BCUT2D eigenvalue weighted by atomic mass is 35.5. The molecular weight excluding hydrogens is 442 g/mol. The van der Waals surface area contributed by atoms with E-state index in [1.165, 1.54) is 6.07 Å². The number of carbonyl (C=O) groups is 1. The molecule has 2 heterocycles. The molecule has 9 heteroatoms. The van der Waals surface area contributed by atoms with E-state index in [9.17, 15) is 14.4 Å². The van der Waals surface area contributed by atoms with Crippen LogP contribution in [-0.2, 0) is 13.1 Å². The van der Waals surface area contributed by atoms with Crippen molar-refractivity contribution in [1.82, 2.24) is 24.6 Å². The van der Waals surface area contributed by atoms with Crippen LogP contribution in [0.2, 0.25) is 5.02 Å². The standard InChI is InChI=1S/C24H20ClN5O3/c1-16-8-10-17(11-9-16)15-29-23(32)21(22(31)27-14-19-6-2-3-12-26-19)28-30(24(29)33)20-7-4-5-18(25)13-20/h2-13H,14-15H2,1H3,(H,27,31). The quantitative estimate of drug-likeness (QED) is 0.476. The summed E-state index contributed by atoms with van der Waals surface area (Å²) >= 11 is 6.08. The van der Waals surface area contributed by atoms with Crippen LogP contribution in [0.3, 0.4) is 0 Å². The number of pyridine rings is 1. The average Bonchev–Trinajstić information content (AvgIpc) is 2.82. The van der Waals surface area contributed by atoms with Gasteiger partial charge in [-0.3, -0.25) is 19.1 Å². The van der Waals surface area contributed by atoms with Gasteiger partial charge in [0.25, 0.3) is 11.5 Å². The van der Waals surface area contributed by atoms with Gasteiger partial charge in [-0.15, -0.1) is 0 Å². The van der Waals surface area contributed by atoms with Crippen LogP contribution >= 0.6 is 11.6 Å². The molecule has 0 aliphatic carbocycles. The minimum atomic E-state index is -0.780. The van der Waals surface area contributed by atoms with Crippen molar-refractivity contribution in [3.63, 3.8) is 0 Å². The first-order valence-corrected chi connectivity index (χ1v) is 10.5. The van der Waals surface area contributed by atoms with Gasteiger partial charge >= 0.3 is 5.69 Å². The van der Waals surface area contributed by atoms with Crippen molar-refractivity contribution in [2.24, 2.45) is 0 Å². The maximum Gasteiger partial charge on any atom is 0.352 e. The fourth-order valence-corrected chi connectivity index (χ4v) is 3.39. The monoisotopic (exact) mass is 461 g/mol. The third-order valence-corrected chi connectivity index (χ3v) is 5.18. The molecule has 0 saturated carbocycles. The Balaban J connectivity index is 1.78. The van der Waals surface area contributed by atoms with Crippen LogP contribution in [0, 0.1) is 6.92 Å². The number of hydrogen-bond donors (Lipinski definition) is 1. The van der Waals surface area contributed by atoms with E-state index in [2.05, 4.69) is 15.4 Å². The third-order valence-electron chi connectivity index (χ3n) is 4.95. The molecule has 33 heavy (non-hydrogen) atoms. The zero-order chi connectivity index (χ0) is 23.4. The molecule has 0 aliphatic heterocycles. The van der Waals surface area contributed by atoms with E-state index in [0.29, 0.717) is 16.4 Å². The minimum absolute atomic E-state index is 0.0123. The first kappa shape index (κ1) is 22.2. The van der Waals surface area contributed by atoms with Crippen LogP contribution in [0.15, 0.2) is 82.5 Å². The van der Waals surface area contributed by atoms with Crippen molar-refractivity contribution in [2.45, 2.75) is 20.0 Å². The van der Waals surface area contributed by atoms with Crippen LogP contribution in [0.25, 0.3) is 5.69 Å². The summed E-state index contributed by atoms with van der Waals surface area (Å²) < 4.78 is 2.01. The van der Waals surface area contributed by atoms with E-state index in [4.69, 9.17) is 11.6 Å². The molecule has 4 rings (SSSR count). The molecule has 0 atom stereocenters. The van der Waals surface area contributed by atoms with E-state index in [1.807, 2.05) is 31.2 Å². The minimum Gasteiger partial charge on any atom is -0.345 e. The maximum absolute atomic E-state index is 13.2. The number of aromatic nitrogens is 4. The Labute approximate surface area is 194 Å². The van der Waals surface area contributed by atoms with Gasteiger partial charge < -0.3 is 5.32 Å². The number of halogens is 1. The highest BCUT2D eigenvalue weighted by Gasteiger charge is 2.20. The molecule has 1 N–H and O–H groups in total. The fourth-order valence-electron chi connectivity index (χ4n) is 3.21. The lowest BCUT2D eigenvalue weighted by atomic mass is 10.1. The van der Waals surface area contributed by atoms with Crippen LogP contribution in [-0.4, -0.2) is 25.2 Å². The van der Waals surface area contributed by atoms with Crippen molar-refractivity contribution in [3.05, 3.63) is 121 Å². The lowest BCUT2D eigenvalue weighted by Crippen LogP contribution is -2.46. The first-order chi connectivity index (χ1) is 15.9. The number of carbonyl (C=O) groups excluding carboxylic acids is 1. The molecule has 8 nitrogen and oxygen atoms in total. The van der Waals surface area contributed by atoms with Gasteiger partial charge in [0, 0.05) is 11.2 Å². The molecule has 2 aromatic carbocycles. The molecule has 0 unspecified atom stereocenters. The third kappa shape index (κ3) is 5.07. The number of nitrogens with zero attached hydrogens (tertiary/aromatic N) is 4. The van der Waals surface area contributed by atoms with Crippen LogP contribution < -0.4 is 16.6 Å². The van der Waals surface area contributed by atoms with Crippen molar-refractivity contribution in [2.75, 3.05) is 0 Å². The van der Waals surface area contributed by atoms with E-state index in [1.54, 1.807) is 42.6 Å². The molecular formula is C24H20ClN5O3. The van der Waals surface area contributed by atoms with E-state index >= 15 is 0 Å².